The van der Waals surface area contributed by atoms with Gasteiger partial charge in [0, 0.05) is 18.3 Å². The Morgan fingerprint density at radius 3 is 2.76 bits per heavy atom. The Hall–Kier alpha value is -2.60. The standard InChI is InChI=1S/C15H16FN3O2/c1-21-12-5-6-13(16)14(8-12)19-15(20)18-11-4-2-3-10(7-11)9-17/h2-8H,9,17H2,1H3,(H2,18,19,20). The van der Waals surface area contributed by atoms with E-state index in [0.29, 0.717) is 18.0 Å². The number of nitrogens with two attached hydrogens (primary N) is 1. The van der Waals surface area contributed by atoms with Crippen LogP contribution in [0.4, 0.5) is 20.6 Å². The van der Waals surface area contributed by atoms with E-state index in [9.17, 15) is 9.18 Å². The number of carbonyl (C=O) groups excluding carboxylic acids is 1. The zero-order valence-electron chi connectivity index (χ0n) is 11.5. The lowest BCUT2D eigenvalue weighted by molar-refractivity contribution is 0.262. The molecule has 2 amide bonds. The van der Waals surface area contributed by atoms with Crippen LogP contribution in [-0.4, -0.2) is 13.1 Å². The molecule has 0 saturated carbocycles. The molecule has 0 saturated heterocycles. The van der Waals surface area contributed by atoms with Gasteiger partial charge in [-0.1, -0.05) is 12.1 Å². The van der Waals surface area contributed by atoms with Crippen LogP contribution in [0.5, 0.6) is 5.75 Å². The molecule has 0 heterocycles. The first-order valence-electron chi connectivity index (χ1n) is 6.33. The molecule has 0 atom stereocenters. The molecule has 0 bridgehead atoms. The molecule has 4 N–H and O–H groups in total. The smallest absolute Gasteiger partial charge is 0.323 e. The maximum absolute atomic E-state index is 13.6. The minimum absolute atomic E-state index is 0.0434. The molecule has 5 nitrogen and oxygen atoms in total. The van der Waals surface area contributed by atoms with Crippen molar-refractivity contribution in [1.29, 1.82) is 0 Å². The van der Waals surface area contributed by atoms with Crippen LogP contribution in [0.3, 0.4) is 0 Å². The highest BCUT2D eigenvalue weighted by atomic mass is 19.1. The van der Waals surface area contributed by atoms with Gasteiger partial charge in [0.1, 0.15) is 11.6 Å². The number of hydrogen-bond donors (Lipinski definition) is 3. The third kappa shape index (κ3) is 3.93. The molecule has 0 aromatic heterocycles. The molecule has 0 aliphatic heterocycles. The van der Waals surface area contributed by atoms with Crippen molar-refractivity contribution in [2.24, 2.45) is 5.73 Å². The van der Waals surface area contributed by atoms with Crippen LogP contribution >= 0.6 is 0 Å². The topological polar surface area (TPSA) is 76.4 Å². The number of urea groups is 1. The van der Waals surface area contributed by atoms with Gasteiger partial charge in [0.15, 0.2) is 0 Å². The summed E-state index contributed by atoms with van der Waals surface area (Å²) in [6, 6.07) is 10.7. The SMILES string of the molecule is COc1ccc(F)c(NC(=O)Nc2cccc(CN)c2)c1. The molecular weight excluding hydrogens is 273 g/mol. The molecule has 21 heavy (non-hydrogen) atoms. The van der Waals surface area contributed by atoms with Crippen molar-refractivity contribution in [2.75, 3.05) is 17.7 Å². The number of rotatable bonds is 4. The van der Waals surface area contributed by atoms with Crippen LogP contribution in [0.25, 0.3) is 0 Å². The number of ether oxygens (including phenoxy) is 1. The van der Waals surface area contributed by atoms with Gasteiger partial charge in [-0.3, -0.25) is 0 Å². The number of amides is 2. The fraction of sp³-hybridized carbons (Fsp3) is 0.133. The Morgan fingerprint density at radius 1 is 1.24 bits per heavy atom. The highest BCUT2D eigenvalue weighted by Crippen LogP contribution is 2.21. The lowest BCUT2D eigenvalue weighted by atomic mass is 10.2. The molecule has 0 aliphatic rings. The fourth-order valence-electron chi connectivity index (χ4n) is 1.79. The average Bonchev–Trinajstić information content (AvgIpc) is 2.49. The summed E-state index contributed by atoms with van der Waals surface area (Å²) in [6.07, 6.45) is 0. The van der Waals surface area contributed by atoms with Crippen molar-refractivity contribution in [3.05, 3.63) is 53.8 Å². The minimum atomic E-state index is -0.545. The van der Waals surface area contributed by atoms with Crippen LogP contribution in [0, 0.1) is 5.82 Å². The lowest BCUT2D eigenvalue weighted by Crippen LogP contribution is -2.20. The quantitative estimate of drug-likeness (QED) is 0.810. The molecule has 0 radical (unpaired) electrons. The van der Waals surface area contributed by atoms with Gasteiger partial charge in [-0.15, -0.1) is 0 Å². The number of benzene rings is 2. The largest absolute Gasteiger partial charge is 0.497 e. The van der Waals surface area contributed by atoms with Gasteiger partial charge in [-0.25, -0.2) is 9.18 Å². The van der Waals surface area contributed by atoms with E-state index in [2.05, 4.69) is 10.6 Å². The van der Waals surface area contributed by atoms with Crippen molar-refractivity contribution in [3.8, 4) is 5.75 Å². The molecule has 0 aliphatic carbocycles. The highest BCUT2D eigenvalue weighted by Gasteiger charge is 2.08. The van der Waals surface area contributed by atoms with Crippen molar-refractivity contribution in [3.63, 3.8) is 0 Å². The van der Waals surface area contributed by atoms with E-state index >= 15 is 0 Å². The van der Waals surface area contributed by atoms with Crippen LogP contribution in [0.15, 0.2) is 42.5 Å². The Morgan fingerprint density at radius 2 is 2.05 bits per heavy atom. The molecule has 0 fully saturated rings. The average molecular weight is 289 g/mol. The van der Waals surface area contributed by atoms with Gasteiger partial charge < -0.3 is 21.1 Å². The van der Waals surface area contributed by atoms with E-state index in [1.807, 2.05) is 6.07 Å². The van der Waals surface area contributed by atoms with E-state index in [4.69, 9.17) is 10.5 Å². The predicted molar refractivity (Wildman–Crippen MR) is 79.9 cm³/mol. The number of halogens is 1. The second kappa shape index (κ2) is 6.71. The molecule has 110 valence electrons. The van der Waals surface area contributed by atoms with Gasteiger partial charge in [0.2, 0.25) is 0 Å². The molecule has 0 unspecified atom stereocenters. The first kappa shape index (κ1) is 14.8. The van der Waals surface area contributed by atoms with E-state index in [0.717, 1.165) is 5.56 Å². The molecular formula is C15H16FN3O2. The van der Waals surface area contributed by atoms with Crippen LogP contribution in [0.1, 0.15) is 5.56 Å². The first-order valence-corrected chi connectivity index (χ1v) is 6.33. The molecule has 0 spiro atoms. The lowest BCUT2D eigenvalue weighted by Gasteiger charge is -2.10. The van der Waals surface area contributed by atoms with Crippen molar-refractivity contribution >= 4 is 17.4 Å². The molecule has 2 aromatic rings. The predicted octanol–water partition coefficient (Wildman–Crippen LogP) is 2.94. The van der Waals surface area contributed by atoms with Gasteiger partial charge >= 0.3 is 6.03 Å². The third-order valence-corrected chi connectivity index (χ3v) is 2.84. The monoisotopic (exact) mass is 289 g/mol. The summed E-state index contributed by atoms with van der Waals surface area (Å²) in [5.41, 5.74) is 7.05. The van der Waals surface area contributed by atoms with Crippen LogP contribution in [0.2, 0.25) is 0 Å². The minimum Gasteiger partial charge on any atom is -0.497 e. The molecule has 2 rings (SSSR count). The summed E-state index contributed by atoms with van der Waals surface area (Å²) >= 11 is 0. The summed E-state index contributed by atoms with van der Waals surface area (Å²) in [5, 5.41) is 5.05. The van der Waals surface area contributed by atoms with E-state index in [1.54, 1.807) is 18.2 Å². The number of carbonyl (C=O) groups is 1. The maximum Gasteiger partial charge on any atom is 0.323 e. The normalized spacial score (nSPS) is 10.0. The summed E-state index contributed by atoms with van der Waals surface area (Å²) < 4.78 is 18.6. The molecule has 2 aromatic carbocycles. The summed E-state index contributed by atoms with van der Waals surface area (Å²) in [6.45, 7) is 0.377. The van der Waals surface area contributed by atoms with Gasteiger partial charge in [0.25, 0.3) is 0 Å². The first-order chi connectivity index (χ1) is 10.1. The fourth-order valence-corrected chi connectivity index (χ4v) is 1.79. The number of anilines is 2. The second-order valence-electron chi connectivity index (χ2n) is 4.33. The summed E-state index contributed by atoms with van der Waals surface area (Å²) in [4.78, 5) is 11.9. The summed E-state index contributed by atoms with van der Waals surface area (Å²) in [5.74, 6) is -0.0847. The second-order valence-corrected chi connectivity index (χ2v) is 4.33. The number of hydrogen-bond acceptors (Lipinski definition) is 3. The van der Waals surface area contributed by atoms with Gasteiger partial charge in [0.05, 0.1) is 12.8 Å². The van der Waals surface area contributed by atoms with Gasteiger partial charge in [-0.2, -0.15) is 0 Å². The third-order valence-electron chi connectivity index (χ3n) is 2.84. The zero-order chi connectivity index (χ0) is 15.2. The number of nitrogens with one attached hydrogen (secondary N) is 2. The number of methoxy groups -OCH3 is 1. The Labute approximate surface area is 121 Å². The van der Waals surface area contributed by atoms with Crippen molar-refractivity contribution < 1.29 is 13.9 Å². The Bertz CT molecular complexity index is 647. The van der Waals surface area contributed by atoms with Crippen LogP contribution < -0.4 is 21.1 Å². The van der Waals surface area contributed by atoms with Crippen molar-refractivity contribution in [2.45, 2.75) is 6.54 Å². The van der Waals surface area contributed by atoms with Crippen LogP contribution in [-0.2, 0) is 6.54 Å². The van der Waals surface area contributed by atoms with E-state index < -0.39 is 11.8 Å². The highest BCUT2D eigenvalue weighted by molar-refractivity contribution is 5.99. The maximum atomic E-state index is 13.6. The summed E-state index contributed by atoms with van der Waals surface area (Å²) in [7, 11) is 1.47. The Balaban J connectivity index is 2.07. The van der Waals surface area contributed by atoms with E-state index in [1.165, 1.54) is 25.3 Å². The zero-order valence-corrected chi connectivity index (χ0v) is 11.5. The molecule has 6 heteroatoms. The van der Waals surface area contributed by atoms with E-state index in [-0.39, 0.29) is 5.69 Å². The van der Waals surface area contributed by atoms with Gasteiger partial charge in [-0.05, 0) is 29.8 Å². The Kier molecular flexibility index (Phi) is 4.73. The van der Waals surface area contributed by atoms with Crippen molar-refractivity contribution in [1.82, 2.24) is 0 Å².